The van der Waals surface area contributed by atoms with Gasteiger partial charge in [0.2, 0.25) is 0 Å². The van der Waals surface area contributed by atoms with Gasteiger partial charge < -0.3 is 15.2 Å². The second-order valence-corrected chi connectivity index (χ2v) is 4.53. The zero-order chi connectivity index (χ0) is 15.1. The minimum Gasteiger partial charge on any atom is -0.481 e. The first kappa shape index (κ1) is 16.0. The Morgan fingerprint density at radius 2 is 1.85 bits per heavy atom. The third kappa shape index (κ3) is 5.27. The highest BCUT2D eigenvalue weighted by Gasteiger charge is 2.16. The van der Waals surface area contributed by atoms with Gasteiger partial charge in [0.15, 0.2) is 6.10 Å². The third-order valence-corrected chi connectivity index (χ3v) is 2.60. The van der Waals surface area contributed by atoms with Crippen molar-refractivity contribution in [3.63, 3.8) is 0 Å². The summed E-state index contributed by atoms with van der Waals surface area (Å²) in [5.74, 6) is 0.0105. The molecule has 0 aliphatic carbocycles. The number of carbonyl (C=O) groups excluding carboxylic acids is 2. The van der Waals surface area contributed by atoms with Gasteiger partial charge in [0.1, 0.15) is 5.75 Å². The number of nitrogens with one attached hydrogen (secondary N) is 2. The molecule has 0 radical (unpaired) electrons. The van der Waals surface area contributed by atoms with E-state index in [1.165, 1.54) is 7.05 Å². The number of benzene rings is 1. The fourth-order valence-electron chi connectivity index (χ4n) is 1.58. The molecule has 6 nitrogen and oxygen atoms in total. The molecular formula is C14H20N2O4. The van der Waals surface area contributed by atoms with Gasteiger partial charge in [0, 0.05) is 7.05 Å². The molecular weight excluding hydrogens is 260 g/mol. The van der Waals surface area contributed by atoms with Crippen LogP contribution in [0, 0.1) is 0 Å². The van der Waals surface area contributed by atoms with Crippen molar-refractivity contribution in [3.05, 3.63) is 29.8 Å². The molecule has 1 aromatic carbocycles. The molecule has 1 rings (SSSR count). The minimum atomic E-state index is -0.782. The van der Waals surface area contributed by atoms with Gasteiger partial charge in [-0.2, -0.15) is 0 Å². The fraction of sp³-hybridized carbons (Fsp3) is 0.429. The van der Waals surface area contributed by atoms with Gasteiger partial charge in [-0.15, -0.1) is 0 Å². The van der Waals surface area contributed by atoms with E-state index in [0.29, 0.717) is 12.2 Å². The maximum atomic E-state index is 11.6. The number of imide groups is 1. The first-order chi connectivity index (χ1) is 9.42. The molecule has 20 heavy (non-hydrogen) atoms. The topological polar surface area (TPSA) is 87.7 Å². The molecule has 1 aromatic rings. The highest BCUT2D eigenvalue weighted by Crippen LogP contribution is 2.15. The van der Waals surface area contributed by atoms with Crippen LogP contribution in [0.3, 0.4) is 0 Å². The lowest BCUT2D eigenvalue weighted by Crippen LogP contribution is -2.43. The van der Waals surface area contributed by atoms with E-state index in [2.05, 4.69) is 10.6 Å². The summed E-state index contributed by atoms with van der Waals surface area (Å²) in [7, 11) is 1.43. The van der Waals surface area contributed by atoms with Gasteiger partial charge in [0.05, 0.1) is 6.10 Å². The Labute approximate surface area is 118 Å². The van der Waals surface area contributed by atoms with Crippen LogP contribution in [-0.2, 0) is 11.2 Å². The van der Waals surface area contributed by atoms with Gasteiger partial charge >= 0.3 is 6.03 Å². The van der Waals surface area contributed by atoms with Crippen molar-refractivity contribution in [1.29, 1.82) is 0 Å². The lowest BCUT2D eigenvalue weighted by molar-refractivity contribution is -0.126. The number of hydrogen-bond acceptors (Lipinski definition) is 4. The minimum absolute atomic E-state index is 0.404. The van der Waals surface area contributed by atoms with E-state index in [4.69, 9.17) is 4.74 Å². The summed E-state index contributed by atoms with van der Waals surface area (Å²) in [5, 5.41) is 13.7. The van der Waals surface area contributed by atoms with Crippen LogP contribution in [0.5, 0.6) is 5.75 Å². The average Bonchev–Trinajstić information content (AvgIpc) is 2.40. The molecule has 0 spiro atoms. The first-order valence-electron chi connectivity index (χ1n) is 6.38. The Kier molecular flexibility index (Phi) is 5.99. The van der Waals surface area contributed by atoms with Gasteiger partial charge in [-0.05, 0) is 38.0 Å². The number of aliphatic hydroxyl groups is 1. The summed E-state index contributed by atoms with van der Waals surface area (Å²) in [5.41, 5.74) is 0.981. The molecule has 3 amide bonds. The van der Waals surface area contributed by atoms with Gasteiger partial charge in [-0.1, -0.05) is 12.1 Å². The number of urea groups is 1. The molecule has 3 N–H and O–H groups in total. The second-order valence-electron chi connectivity index (χ2n) is 4.53. The molecule has 0 fully saturated rings. The van der Waals surface area contributed by atoms with Crippen molar-refractivity contribution in [2.75, 3.05) is 7.05 Å². The van der Waals surface area contributed by atoms with Gasteiger partial charge in [0.25, 0.3) is 5.91 Å². The van der Waals surface area contributed by atoms with Crippen molar-refractivity contribution in [2.45, 2.75) is 32.5 Å². The van der Waals surface area contributed by atoms with E-state index in [9.17, 15) is 14.7 Å². The van der Waals surface area contributed by atoms with Crippen LogP contribution in [0.2, 0.25) is 0 Å². The van der Waals surface area contributed by atoms with E-state index in [-0.39, 0.29) is 0 Å². The Morgan fingerprint density at radius 1 is 1.25 bits per heavy atom. The predicted octanol–water partition coefficient (Wildman–Crippen LogP) is 0.833. The standard InChI is InChI=1S/C14H20N2O4/c1-9(17)8-11-4-6-12(7-5-11)20-10(2)13(18)16-14(19)15-3/h4-7,9-10,17H,8H2,1-3H3,(H2,15,16,18,19). The van der Waals surface area contributed by atoms with E-state index < -0.39 is 24.1 Å². The summed E-state index contributed by atoms with van der Waals surface area (Å²) in [4.78, 5) is 22.6. The second kappa shape index (κ2) is 7.49. The predicted molar refractivity (Wildman–Crippen MR) is 74.5 cm³/mol. The molecule has 0 aliphatic heterocycles. The largest absolute Gasteiger partial charge is 0.481 e. The molecule has 2 atom stereocenters. The molecule has 0 heterocycles. The number of carbonyl (C=O) groups is 2. The Morgan fingerprint density at radius 3 is 2.35 bits per heavy atom. The number of ether oxygens (including phenoxy) is 1. The van der Waals surface area contributed by atoms with Crippen LogP contribution >= 0.6 is 0 Å². The number of amides is 3. The number of rotatable bonds is 5. The van der Waals surface area contributed by atoms with Crippen molar-refractivity contribution in [3.8, 4) is 5.75 Å². The SMILES string of the molecule is CNC(=O)NC(=O)C(C)Oc1ccc(CC(C)O)cc1. The summed E-state index contributed by atoms with van der Waals surface area (Å²) >= 11 is 0. The van der Waals surface area contributed by atoms with Gasteiger partial charge in [-0.3, -0.25) is 10.1 Å². The Balaban J connectivity index is 2.55. The Hall–Kier alpha value is -2.08. The van der Waals surface area contributed by atoms with Crippen molar-refractivity contribution in [2.24, 2.45) is 0 Å². The van der Waals surface area contributed by atoms with Crippen LogP contribution in [0.15, 0.2) is 24.3 Å². The smallest absolute Gasteiger partial charge is 0.321 e. The lowest BCUT2D eigenvalue weighted by Gasteiger charge is -2.14. The highest BCUT2D eigenvalue weighted by molar-refractivity contribution is 5.96. The summed E-state index contributed by atoms with van der Waals surface area (Å²) in [6.07, 6.45) is -0.624. The Bertz CT molecular complexity index is 457. The lowest BCUT2D eigenvalue weighted by atomic mass is 10.1. The normalized spacial score (nSPS) is 13.2. The highest BCUT2D eigenvalue weighted by atomic mass is 16.5. The molecule has 2 unspecified atom stereocenters. The quantitative estimate of drug-likeness (QED) is 0.745. The molecule has 0 aromatic heterocycles. The summed E-state index contributed by atoms with van der Waals surface area (Å²) in [6.45, 7) is 3.28. The molecule has 0 saturated carbocycles. The van der Waals surface area contributed by atoms with E-state index in [1.54, 1.807) is 26.0 Å². The maximum absolute atomic E-state index is 11.6. The summed E-state index contributed by atoms with van der Waals surface area (Å²) < 4.78 is 5.43. The number of aliphatic hydroxyl groups excluding tert-OH is 1. The van der Waals surface area contributed by atoms with Crippen LogP contribution in [0.4, 0.5) is 4.79 Å². The first-order valence-corrected chi connectivity index (χ1v) is 6.38. The molecule has 0 saturated heterocycles. The molecule has 0 aliphatic rings. The average molecular weight is 280 g/mol. The van der Waals surface area contributed by atoms with Crippen molar-refractivity contribution in [1.82, 2.24) is 10.6 Å². The maximum Gasteiger partial charge on any atom is 0.321 e. The fourth-order valence-corrected chi connectivity index (χ4v) is 1.58. The van der Waals surface area contributed by atoms with Gasteiger partial charge in [-0.25, -0.2) is 4.79 Å². The molecule has 6 heteroatoms. The van der Waals surface area contributed by atoms with Crippen molar-refractivity contribution >= 4 is 11.9 Å². The molecule has 110 valence electrons. The zero-order valence-corrected chi connectivity index (χ0v) is 11.8. The monoisotopic (exact) mass is 280 g/mol. The van der Waals surface area contributed by atoms with Crippen LogP contribution in [0.25, 0.3) is 0 Å². The molecule has 0 bridgehead atoms. The van der Waals surface area contributed by atoms with E-state index in [1.807, 2.05) is 12.1 Å². The number of hydrogen-bond donors (Lipinski definition) is 3. The third-order valence-electron chi connectivity index (χ3n) is 2.60. The van der Waals surface area contributed by atoms with E-state index in [0.717, 1.165) is 5.56 Å². The summed E-state index contributed by atoms with van der Waals surface area (Å²) in [6, 6.07) is 6.53. The van der Waals surface area contributed by atoms with Crippen LogP contribution in [0.1, 0.15) is 19.4 Å². The van der Waals surface area contributed by atoms with Crippen LogP contribution < -0.4 is 15.4 Å². The van der Waals surface area contributed by atoms with Crippen LogP contribution in [-0.4, -0.2) is 36.3 Å². The zero-order valence-electron chi connectivity index (χ0n) is 11.8. The van der Waals surface area contributed by atoms with Crippen molar-refractivity contribution < 1.29 is 19.4 Å². The van der Waals surface area contributed by atoms with E-state index >= 15 is 0 Å².